The molecule has 26 heavy (non-hydrogen) atoms. The SMILES string of the molecule is O=C1N(c2cc(Cl)cc(Cl)c2)C(=O)C2(Cc3ccc(Br)cc3)CC=CN12. The second-order valence-corrected chi connectivity index (χ2v) is 8.13. The lowest BCUT2D eigenvalue weighted by Crippen LogP contribution is -2.46. The summed E-state index contributed by atoms with van der Waals surface area (Å²) in [6, 6.07) is 12.1. The van der Waals surface area contributed by atoms with Crippen LogP contribution in [0, 0.1) is 0 Å². The van der Waals surface area contributed by atoms with Crippen LogP contribution in [-0.4, -0.2) is 22.4 Å². The van der Waals surface area contributed by atoms with Crippen molar-refractivity contribution in [2.45, 2.75) is 18.4 Å². The molecule has 2 aliphatic rings. The molecule has 0 radical (unpaired) electrons. The van der Waals surface area contributed by atoms with E-state index in [0.717, 1.165) is 10.0 Å². The second-order valence-electron chi connectivity index (χ2n) is 6.34. The number of imide groups is 1. The molecule has 2 aliphatic heterocycles. The molecule has 0 saturated carbocycles. The fourth-order valence-electron chi connectivity index (χ4n) is 3.50. The van der Waals surface area contributed by atoms with Crippen LogP contribution in [0.15, 0.2) is 59.2 Å². The van der Waals surface area contributed by atoms with Crippen LogP contribution in [0.3, 0.4) is 0 Å². The summed E-state index contributed by atoms with van der Waals surface area (Å²) in [6.07, 6.45) is 4.45. The molecular formula is C19H13BrCl2N2O2. The maximum absolute atomic E-state index is 13.3. The third-order valence-corrected chi connectivity index (χ3v) is 5.65. The number of amides is 3. The molecule has 0 spiro atoms. The lowest BCUT2D eigenvalue weighted by Gasteiger charge is -2.28. The van der Waals surface area contributed by atoms with Gasteiger partial charge in [0.05, 0.1) is 5.69 Å². The van der Waals surface area contributed by atoms with E-state index in [4.69, 9.17) is 23.2 Å². The Balaban J connectivity index is 1.75. The summed E-state index contributed by atoms with van der Waals surface area (Å²) in [4.78, 5) is 29.0. The van der Waals surface area contributed by atoms with Crippen LogP contribution in [0.25, 0.3) is 0 Å². The molecule has 2 aromatic carbocycles. The number of urea groups is 1. The molecule has 1 saturated heterocycles. The summed E-state index contributed by atoms with van der Waals surface area (Å²) in [6.45, 7) is 0. The van der Waals surface area contributed by atoms with Gasteiger partial charge in [-0.05, 0) is 35.9 Å². The van der Waals surface area contributed by atoms with Gasteiger partial charge in [0.25, 0.3) is 5.91 Å². The number of rotatable bonds is 3. The molecule has 0 bridgehead atoms. The number of anilines is 1. The molecule has 0 aromatic heterocycles. The van der Waals surface area contributed by atoms with Gasteiger partial charge in [-0.1, -0.05) is 57.3 Å². The molecule has 1 atom stereocenters. The first kappa shape index (κ1) is 17.6. The van der Waals surface area contributed by atoms with E-state index in [1.165, 1.54) is 9.80 Å². The zero-order valence-electron chi connectivity index (χ0n) is 13.5. The maximum Gasteiger partial charge on any atom is 0.336 e. The Morgan fingerprint density at radius 1 is 1.04 bits per heavy atom. The van der Waals surface area contributed by atoms with Gasteiger partial charge in [-0.3, -0.25) is 9.69 Å². The van der Waals surface area contributed by atoms with E-state index in [1.54, 1.807) is 24.4 Å². The van der Waals surface area contributed by atoms with Crippen LogP contribution < -0.4 is 4.90 Å². The molecule has 2 heterocycles. The number of benzene rings is 2. The van der Waals surface area contributed by atoms with E-state index < -0.39 is 5.54 Å². The van der Waals surface area contributed by atoms with Crippen LogP contribution in [0.5, 0.6) is 0 Å². The third-order valence-electron chi connectivity index (χ3n) is 4.69. The van der Waals surface area contributed by atoms with Gasteiger partial charge in [-0.2, -0.15) is 0 Å². The van der Waals surface area contributed by atoms with E-state index in [0.29, 0.717) is 28.6 Å². The lowest BCUT2D eigenvalue weighted by atomic mass is 9.88. The molecule has 2 aromatic rings. The normalized spacial score (nSPS) is 21.7. The van der Waals surface area contributed by atoms with Crippen LogP contribution in [0.4, 0.5) is 10.5 Å². The van der Waals surface area contributed by atoms with Crippen molar-refractivity contribution in [2.24, 2.45) is 0 Å². The van der Waals surface area contributed by atoms with E-state index in [1.807, 2.05) is 30.3 Å². The van der Waals surface area contributed by atoms with Gasteiger partial charge < -0.3 is 0 Å². The number of fused-ring (bicyclic) bond motifs is 1. The smallest absolute Gasteiger partial charge is 0.285 e. The molecule has 0 aliphatic carbocycles. The van der Waals surface area contributed by atoms with Gasteiger partial charge >= 0.3 is 6.03 Å². The number of halogens is 3. The lowest BCUT2D eigenvalue weighted by molar-refractivity contribution is -0.123. The van der Waals surface area contributed by atoms with Crippen molar-refractivity contribution in [3.05, 3.63) is 74.8 Å². The van der Waals surface area contributed by atoms with Crippen LogP contribution in [0.2, 0.25) is 10.0 Å². The standard InChI is InChI=1S/C19H13BrCl2N2O2/c20-13-4-2-12(3-5-13)11-19-6-1-7-23(19)18(26)24(17(19)25)16-9-14(21)8-15(22)10-16/h1-5,7-10H,6,11H2. The highest BCUT2D eigenvalue weighted by atomic mass is 79.9. The topological polar surface area (TPSA) is 40.6 Å². The van der Waals surface area contributed by atoms with Crippen molar-refractivity contribution >= 4 is 56.8 Å². The molecule has 1 unspecified atom stereocenters. The van der Waals surface area contributed by atoms with Crippen molar-refractivity contribution in [1.29, 1.82) is 0 Å². The first-order chi connectivity index (χ1) is 12.4. The van der Waals surface area contributed by atoms with Crippen molar-refractivity contribution in [2.75, 3.05) is 4.90 Å². The summed E-state index contributed by atoms with van der Waals surface area (Å²) in [7, 11) is 0. The summed E-state index contributed by atoms with van der Waals surface area (Å²) in [5, 5.41) is 0.746. The quantitative estimate of drug-likeness (QED) is 0.584. The minimum Gasteiger partial charge on any atom is -0.285 e. The Labute approximate surface area is 169 Å². The average Bonchev–Trinajstić information content (AvgIpc) is 3.08. The highest BCUT2D eigenvalue weighted by Crippen LogP contribution is 2.42. The van der Waals surface area contributed by atoms with E-state index >= 15 is 0 Å². The van der Waals surface area contributed by atoms with Gasteiger partial charge in [0.1, 0.15) is 5.54 Å². The second kappa shape index (κ2) is 6.41. The minimum atomic E-state index is -0.945. The van der Waals surface area contributed by atoms with E-state index in [9.17, 15) is 9.59 Å². The first-order valence-corrected chi connectivity index (χ1v) is 9.51. The molecule has 4 nitrogen and oxygen atoms in total. The zero-order chi connectivity index (χ0) is 18.5. The Morgan fingerprint density at radius 2 is 1.69 bits per heavy atom. The largest absolute Gasteiger partial charge is 0.336 e. The zero-order valence-corrected chi connectivity index (χ0v) is 16.6. The molecule has 0 N–H and O–H groups in total. The molecular weight excluding hydrogens is 439 g/mol. The summed E-state index contributed by atoms with van der Waals surface area (Å²) < 4.78 is 0.962. The highest BCUT2D eigenvalue weighted by molar-refractivity contribution is 9.10. The Hall–Kier alpha value is -1.82. The average molecular weight is 452 g/mol. The van der Waals surface area contributed by atoms with Crippen molar-refractivity contribution < 1.29 is 9.59 Å². The van der Waals surface area contributed by atoms with Crippen molar-refractivity contribution in [3.63, 3.8) is 0 Å². The molecule has 1 fully saturated rings. The van der Waals surface area contributed by atoms with Crippen molar-refractivity contribution in [3.8, 4) is 0 Å². The number of carbonyl (C=O) groups is 2. The third kappa shape index (κ3) is 2.75. The Morgan fingerprint density at radius 3 is 2.35 bits per heavy atom. The van der Waals surface area contributed by atoms with E-state index in [-0.39, 0.29) is 11.9 Å². The Bertz CT molecular complexity index is 925. The predicted molar refractivity (Wildman–Crippen MR) is 106 cm³/mol. The minimum absolute atomic E-state index is 0.270. The van der Waals surface area contributed by atoms with Crippen molar-refractivity contribution in [1.82, 2.24) is 4.90 Å². The van der Waals surface area contributed by atoms with Crippen LogP contribution in [-0.2, 0) is 11.2 Å². The van der Waals surface area contributed by atoms with Gasteiger partial charge in [0.2, 0.25) is 0 Å². The van der Waals surface area contributed by atoms with Gasteiger partial charge in [-0.25, -0.2) is 9.69 Å². The molecule has 4 rings (SSSR count). The highest BCUT2D eigenvalue weighted by Gasteiger charge is 2.58. The van der Waals surface area contributed by atoms with Gasteiger partial charge in [0.15, 0.2) is 0 Å². The van der Waals surface area contributed by atoms with Gasteiger partial charge in [-0.15, -0.1) is 0 Å². The summed E-state index contributed by atoms with van der Waals surface area (Å²) >= 11 is 15.5. The fourth-order valence-corrected chi connectivity index (χ4v) is 4.28. The van der Waals surface area contributed by atoms with Gasteiger partial charge in [0, 0.05) is 33.6 Å². The number of hydrogen-bond donors (Lipinski definition) is 0. The fraction of sp³-hybridized carbons (Fsp3) is 0.158. The van der Waals surface area contributed by atoms with Crippen LogP contribution >= 0.6 is 39.1 Å². The Kier molecular flexibility index (Phi) is 4.34. The predicted octanol–water partition coefficient (Wildman–Crippen LogP) is 5.42. The molecule has 7 heteroatoms. The monoisotopic (exact) mass is 450 g/mol. The summed E-state index contributed by atoms with van der Waals surface area (Å²) in [5.41, 5.74) is 0.421. The maximum atomic E-state index is 13.3. The molecule has 3 amide bonds. The number of nitrogens with zero attached hydrogens (tertiary/aromatic N) is 2. The first-order valence-electron chi connectivity index (χ1n) is 7.96. The van der Waals surface area contributed by atoms with Crippen LogP contribution in [0.1, 0.15) is 12.0 Å². The number of hydrogen-bond acceptors (Lipinski definition) is 2. The number of carbonyl (C=O) groups excluding carboxylic acids is 2. The van der Waals surface area contributed by atoms with E-state index in [2.05, 4.69) is 15.9 Å². The summed E-state index contributed by atoms with van der Waals surface area (Å²) in [5.74, 6) is -0.270. The molecule has 132 valence electrons.